The second kappa shape index (κ2) is 4.43. The lowest BCUT2D eigenvalue weighted by molar-refractivity contribution is 0.670. The molecule has 0 saturated carbocycles. The van der Waals surface area contributed by atoms with Crippen LogP contribution in [0.25, 0.3) is 0 Å². The summed E-state index contributed by atoms with van der Waals surface area (Å²) < 4.78 is 2.26. The summed E-state index contributed by atoms with van der Waals surface area (Å²) in [6.45, 7) is 2.54. The lowest BCUT2D eigenvalue weighted by Crippen LogP contribution is -2.03. The molecule has 84 valence electrons. The van der Waals surface area contributed by atoms with E-state index in [0.717, 1.165) is 16.1 Å². The van der Waals surface area contributed by atoms with Gasteiger partial charge in [0.05, 0.1) is 6.54 Å². The van der Waals surface area contributed by atoms with Gasteiger partial charge in [0.2, 0.25) is 5.95 Å². The van der Waals surface area contributed by atoms with E-state index in [4.69, 9.17) is 17.3 Å². The predicted octanol–water partition coefficient (Wildman–Crippen LogP) is 2.63. The molecule has 2 N–H and O–H groups in total. The first-order valence-corrected chi connectivity index (χ1v) is 5.84. The molecule has 0 atom stereocenters. The van der Waals surface area contributed by atoms with E-state index < -0.39 is 0 Å². The fourth-order valence-corrected chi connectivity index (χ4v) is 2.06. The summed E-state index contributed by atoms with van der Waals surface area (Å²) in [4.78, 5) is 3.96. The zero-order valence-corrected chi connectivity index (χ0v) is 11.0. The second-order valence-electron chi connectivity index (χ2n) is 3.49. The van der Waals surface area contributed by atoms with Gasteiger partial charge in [0.15, 0.2) is 4.73 Å². The monoisotopic (exact) mass is 300 g/mol. The number of aryl methyl sites for hydroxylation is 1. The Kier molecular flexibility index (Phi) is 3.16. The number of nitrogen functional groups attached to an aromatic ring is 1. The highest BCUT2D eigenvalue weighted by Gasteiger charge is 2.07. The van der Waals surface area contributed by atoms with Crippen LogP contribution in [0.4, 0.5) is 5.95 Å². The Hall–Kier alpha value is -1.07. The molecule has 2 aromatic rings. The second-order valence-corrected chi connectivity index (χ2v) is 4.61. The Morgan fingerprint density at radius 3 is 2.81 bits per heavy atom. The number of anilines is 1. The van der Waals surface area contributed by atoms with E-state index in [9.17, 15) is 0 Å². The van der Waals surface area contributed by atoms with Crippen LogP contribution in [0.1, 0.15) is 11.1 Å². The maximum Gasteiger partial charge on any atom is 0.240 e. The van der Waals surface area contributed by atoms with Gasteiger partial charge in [-0.3, -0.25) is 0 Å². The summed E-state index contributed by atoms with van der Waals surface area (Å²) in [6.07, 6.45) is 0. The Morgan fingerprint density at radius 2 is 2.25 bits per heavy atom. The third kappa shape index (κ3) is 2.36. The topological polar surface area (TPSA) is 56.7 Å². The van der Waals surface area contributed by atoms with Gasteiger partial charge in [0, 0.05) is 5.02 Å². The number of aromatic nitrogens is 3. The number of rotatable bonds is 2. The first-order chi connectivity index (χ1) is 7.56. The van der Waals surface area contributed by atoms with Crippen LogP contribution in [0.2, 0.25) is 5.02 Å². The molecular weight excluding hydrogens is 291 g/mol. The van der Waals surface area contributed by atoms with Crippen LogP contribution in [0.15, 0.2) is 22.9 Å². The standard InChI is InChI=1S/C10H10BrClN4/c1-6-2-3-7(8(12)4-6)5-16-9(11)14-10(13)15-16/h2-4H,5H2,1H3,(H2,13,15). The first-order valence-electron chi connectivity index (χ1n) is 4.67. The number of halogens is 2. The minimum Gasteiger partial charge on any atom is -0.366 e. The molecule has 6 heteroatoms. The van der Waals surface area contributed by atoms with Crippen molar-refractivity contribution in [2.24, 2.45) is 0 Å². The third-order valence-electron chi connectivity index (χ3n) is 2.17. The molecule has 0 amide bonds. The van der Waals surface area contributed by atoms with E-state index in [1.807, 2.05) is 25.1 Å². The van der Waals surface area contributed by atoms with Gasteiger partial charge in [0.1, 0.15) is 0 Å². The lowest BCUT2D eigenvalue weighted by Gasteiger charge is -2.05. The van der Waals surface area contributed by atoms with Crippen LogP contribution in [0.3, 0.4) is 0 Å². The molecule has 16 heavy (non-hydrogen) atoms. The maximum absolute atomic E-state index is 6.13. The molecule has 0 unspecified atom stereocenters. The molecule has 0 fully saturated rings. The summed E-state index contributed by atoms with van der Waals surface area (Å²) in [5, 5.41) is 4.77. The first kappa shape index (κ1) is 11.4. The Labute approximate surface area is 107 Å². The Bertz CT molecular complexity index is 524. The average Bonchev–Trinajstić information content (AvgIpc) is 2.50. The van der Waals surface area contributed by atoms with Gasteiger partial charge >= 0.3 is 0 Å². The normalized spacial score (nSPS) is 10.7. The third-order valence-corrected chi connectivity index (χ3v) is 3.11. The molecule has 0 radical (unpaired) electrons. The van der Waals surface area contributed by atoms with E-state index in [-0.39, 0.29) is 5.95 Å². The van der Waals surface area contributed by atoms with Crippen molar-refractivity contribution in [1.82, 2.24) is 14.8 Å². The minimum absolute atomic E-state index is 0.245. The lowest BCUT2D eigenvalue weighted by atomic mass is 10.1. The quantitative estimate of drug-likeness (QED) is 0.927. The molecule has 0 aliphatic rings. The van der Waals surface area contributed by atoms with Crippen LogP contribution in [0.5, 0.6) is 0 Å². The molecule has 0 aliphatic carbocycles. The highest BCUT2D eigenvalue weighted by Crippen LogP contribution is 2.20. The molecule has 2 rings (SSSR count). The molecule has 0 saturated heterocycles. The number of nitrogens with zero attached hydrogens (tertiary/aromatic N) is 3. The van der Waals surface area contributed by atoms with E-state index in [0.29, 0.717) is 11.3 Å². The number of benzene rings is 1. The molecule has 1 aromatic heterocycles. The van der Waals surface area contributed by atoms with Crippen molar-refractivity contribution < 1.29 is 0 Å². The van der Waals surface area contributed by atoms with E-state index in [1.165, 1.54) is 0 Å². The number of nitrogens with two attached hydrogens (primary N) is 1. The SMILES string of the molecule is Cc1ccc(Cn2nc(N)nc2Br)c(Cl)c1. The number of hydrogen-bond donors (Lipinski definition) is 1. The van der Waals surface area contributed by atoms with Crippen LogP contribution in [-0.2, 0) is 6.54 Å². The van der Waals surface area contributed by atoms with Crippen molar-refractivity contribution in [3.05, 3.63) is 39.1 Å². The highest BCUT2D eigenvalue weighted by molar-refractivity contribution is 9.10. The fourth-order valence-electron chi connectivity index (χ4n) is 1.38. The maximum atomic E-state index is 6.13. The minimum atomic E-state index is 0.245. The van der Waals surface area contributed by atoms with Crippen molar-refractivity contribution >= 4 is 33.5 Å². The highest BCUT2D eigenvalue weighted by atomic mass is 79.9. The van der Waals surface area contributed by atoms with Gasteiger partial charge in [-0.15, -0.1) is 5.10 Å². The Morgan fingerprint density at radius 1 is 1.50 bits per heavy atom. The summed E-state index contributed by atoms with van der Waals surface area (Å²) in [6, 6.07) is 5.91. The molecule has 1 heterocycles. The van der Waals surface area contributed by atoms with Crippen LogP contribution in [-0.4, -0.2) is 14.8 Å². The molecule has 0 aliphatic heterocycles. The van der Waals surface area contributed by atoms with Gasteiger partial charge in [-0.1, -0.05) is 23.7 Å². The van der Waals surface area contributed by atoms with E-state index in [2.05, 4.69) is 26.0 Å². The van der Waals surface area contributed by atoms with E-state index in [1.54, 1.807) is 4.68 Å². The molecule has 4 nitrogen and oxygen atoms in total. The van der Waals surface area contributed by atoms with Crippen molar-refractivity contribution in [3.8, 4) is 0 Å². The van der Waals surface area contributed by atoms with Gasteiger partial charge in [-0.2, -0.15) is 4.98 Å². The summed E-state index contributed by atoms with van der Waals surface area (Å²) in [5.41, 5.74) is 7.60. The molecule has 0 spiro atoms. The van der Waals surface area contributed by atoms with Gasteiger partial charge in [-0.05, 0) is 40.0 Å². The smallest absolute Gasteiger partial charge is 0.240 e. The predicted molar refractivity (Wildman–Crippen MR) is 67.4 cm³/mol. The number of hydrogen-bond acceptors (Lipinski definition) is 3. The summed E-state index contributed by atoms with van der Waals surface area (Å²) in [5.74, 6) is 0.245. The summed E-state index contributed by atoms with van der Waals surface area (Å²) in [7, 11) is 0. The molecule has 0 bridgehead atoms. The molecule has 1 aromatic carbocycles. The van der Waals surface area contributed by atoms with Crippen LogP contribution >= 0.6 is 27.5 Å². The largest absolute Gasteiger partial charge is 0.366 e. The van der Waals surface area contributed by atoms with E-state index >= 15 is 0 Å². The van der Waals surface area contributed by atoms with Gasteiger partial charge < -0.3 is 5.73 Å². The van der Waals surface area contributed by atoms with Crippen molar-refractivity contribution in [2.45, 2.75) is 13.5 Å². The zero-order valence-electron chi connectivity index (χ0n) is 8.61. The fraction of sp³-hybridized carbons (Fsp3) is 0.200. The van der Waals surface area contributed by atoms with Gasteiger partial charge in [-0.25, -0.2) is 4.68 Å². The van der Waals surface area contributed by atoms with Crippen LogP contribution in [0, 0.1) is 6.92 Å². The zero-order chi connectivity index (χ0) is 11.7. The van der Waals surface area contributed by atoms with Crippen LogP contribution < -0.4 is 5.73 Å². The van der Waals surface area contributed by atoms with Crippen molar-refractivity contribution in [1.29, 1.82) is 0 Å². The molecular formula is C10H10BrClN4. The average molecular weight is 302 g/mol. The van der Waals surface area contributed by atoms with Crippen molar-refractivity contribution in [2.75, 3.05) is 5.73 Å². The van der Waals surface area contributed by atoms with Gasteiger partial charge in [0.25, 0.3) is 0 Å². The summed E-state index contributed by atoms with van der Waals surface area (Å²) >= 11 is 9.41. The Balaban J connectivity index is 2.30. The van der Waals surface area contributed by atoms with Crippen molar-refractivity contribution in [3.63, 3.8) is 0 Å².